The van der Waals surface area contributed by atoms with E-state index >= 15 is 0 Å². The minimum atomic E-state index is -0.534. The van der Waals surface area contributed by atoms with Crippen LogP contribution in [-0.2, 0) is 0 Å². The lowest BCUT2D eigenvalue weighted by Gasteiger charge is -2.19. The summed E-state index contributed by atoms with van der Waals surface area (Å²) >= 11 is 0. The zero-order chi connectivity index (χ0) is 15.9. The van der Waals surface area contributed by atoms with E-state index in [0.29, 0.717) is 10.9 Å². The van der Waals surface area contributed by atoms with Gasteiger partial charge in [0.15, 0.2) is 5.69 Å². The van der Waals surface area contributed by atoms with E-state index in [1.807, 2.05) is 0 Å². The van der Waals surface area contributed by atoms with E-state index in [1.54, 1.807) is 7.05 Å². The van der Waals surface area contributed by atoms with E-state index in [0.717, 1.165) is 12.8 Å². The van der Waals surface area contributed by atoms with Gasteiger partial charge >= 0.3 is 0 Å². The first-order chi connectivity index (χ1) is 10.5. The quantitative estimate of drug-likeness (QED) is 0.639. The molecule has 3 rings (SSSR count). The number of likely N-dealkylation sites (N-methyl/N-ethyl adjacent to an activating group) is 1. The Hall–Kier alpha value is -2.48. The van der Waals surface area contributed by atoms with Gasteiger partial charge in [-0.2, -0.15) is 5.10 Å². The number of benzene rings is 1. The van der Waals surface area contributed by atoms with Crippen molar-refractivity contribution in [2.24, 2.45) is 5.92 Å². The summed E-state index contributed by atoms with van der Waals surface area (Å²) in [6, 6.07) is 4.21. The molecule has 1 aliphatic rings. The Morgan fingerprint density at radius 1 is 1.59 bits per heavy atom. The summed E-state index contributed by atoms with van der Waals surface area (Å²) in [6.45, 7) is 0.229. The minimum absolute atomic E-state index is 0.0939. The number of non-ortho nitro benzene ring substituents is 1. The molecule has 0 spiro atoms. The largest absolute Gasteiger partial charge is 0.391 e. The number of carbonyl (C=O) groups is 1. The number of nitrogens with one attached hydrogen (secondary N) is 1. The van der Waals surface area contributed by atoms with Crippen molar-refractivity contribution in [2.45, 2.75) is 18.9 Å². The maximum atomic E-state index is 12.4. The number of fused-ring (bicyclic) bond motifs is 1. The molecule has 8 nitrogen and oxygen atoms in total. The third-order valence-corrected chi connectivity index (χ3v) is 3.93. The zero-order valence-corrected chi connectivity index (χ0v) is 12.0. The van der Waals surface area contributed by atoms with Crippen LogP contribution in [0.2, 0.25) is 0 Å². The van der Waals surface area contributed by atoms with Crippen LogP contribution in [0.1, 0.15) is 23.3 Å². The lowest BCUT2D eigenvalue weighted by atomic mass is 10.1. The summed E-state index contributed by atoms with van der Waals surface area (Å²) in [5.74, 6) is -0.0984. The first-order valence-corrected chi connectivity index (χ1v) is 7.03. The highest BCUT2D eigenvalue weighted by Gasteiger charge is 2.32. The third-order valence-electron chi connectivity index (χ3n) is 3.93. The van der Waals surface area contributed by atoms with Gasteiger partial charge in [0, 0.05) is 31.1 Å². The number of aromatic nitrogens is 2. The van der Waals surface area contributed by atoms with Gasteiger partial charge in [-0.25, -0.2) is 0 Å². The number of H-pyrrole nitrogens is 1. The summed E-state index contributed by atoms with van der Waals surface area (Å²) in [6.07, 6.45) is 1.44. The van der Waals surface area contributed by atoms with Crippen molar-refractivity contribution < 1.29 is 14.8 Å². The molecule has 116 valence electrons. The molecule has 1 heterocycles. The van der Waals surface area contributed by atoms with Gasteiger partial charge in [0.2, 0.25) is 0 Å². The normalized spacial score (nSPS) is 15.7. The van der Waals surface area contributed by atoms with Crippen LogP contribution in [0, 0.1) is 16.0 Å². The second-order valence-corrected chi connectivity index (χ2v) is 5.65. The molecule has 1 aliphatic carbocycles. The predicted octanol–water partition coefficient (Wildman–Crippen LogP) is 1.31. The fraction of sp³-hybridized carbons (Fsp3) is 0.429. The molecule has 1 amide bonds. The van der Waals surface area contributed by atoms with Crippen molar-refractivity contribution in [3.8, 4) is 0 Å². The van der Waals surface area contributed by atoms with Gasteiger partial charge in [0.25, 0.3) is 11.6 Å². The first-order valence-electron chi connectivity index (χ1n) is 7.03. The van der Waals surface area contributed by atoms with Gasteiger partial charge in [0.05, 0.1) is 16.5 Å². The number of aromatic amines is 1. The number of amides is 1. The van der Waals surface area contributed by atoms with Gasteiger partial charge in [-0.1, -0.05) is 0 Å². The summed E-state index contributed by atoms with van der Waals surface area (Å²) in [4.78, 5) is 24.2. The maximum absolute atomic E-state index is 12.4. The Labute approximate surface area is 125 Å². The van der Waals surface area contributed by atoms with Crippen molar-refractivity contribution in [2.75, 3.05) is 13.6 Å². The molecule has 1 aromatic heterocycles. The number of nitrogens with zero attached hydrogens (tertiary/aromatic N) is 3. The van der Waals surface area contributed by atoms with Crippen molar-refractivity contribution in [1.82, 2.24) is 15.1 Å². The molecule has 2 aromatic rings. The van der Waals surface area contributed by atoms with Crippen molar-refractivity contribution in [1.29, 1.82) is 0 Å². The molecule has 0 bridgehead atoms. The molecule has 0 aliphatic heterocycles. The van der Waals surface area contributed by atoms with E-state index in [-0.39, 0.29) is 29.8 Å². The molecule has 1 aromatic carbocycles. The summed E-state index contributed by atoms with van der Waals surface area (Å²) in [7, 11) is 1.59. The van der Waals surface area contributed by atoms with Crippen molar-refractivity contribution >= 4 is 22.5 Å². The number of nitro groups is 1. The molecule has 1 saturated carbocycles. The summed E-state index contributed by atoms with van der Waals surface area (Å²) in [5.41, 5.74) is 0.595. The van der Waals surface area contributed by atoms with Crippen LogP contribution < -0.4 is 0 Å². The third kappa shape index (κ3) is 2.64. The molecule has 0 saturated heterocycles. The van der Waals surface area contributed by atoms with Gasteiger partial charge in [0.1, 0.15) is 0 Å². The highest BCUT2D eigenvalue weighted by atomic mass is 16.6. The molecule has 1 fully saturated rings. The van der Waals surface area contributed by atoms with E-state index in [2.05, 4.69) is 10.2 Å². The summed E-state index contributed by atoms with van der Waals surface area (Å²) < 4.78 is 0. The highest BCUT2D eigenvalue weighted by molar-refractivity contribution is 6.05. The Morgan fingerprint density at radius 3 is 2.95 bits per heavy atom. The molecular formula is C14H16N4O4. The Kier molecular flexibility index (Phi) is 3.53. The molecule has 8 heteroatoms. The standard InChI is InChI=1S/C14H16N4O4/c1-17(7-12(19)8-2-3-8)14(20)13-10-6-9(18(21)22)4-5-11(10)15-16-13/h4-6,8,12,19H,2-3,7H2,1H3,(H,15,16). The molecule has 2 N–H and O–H groups in total. The number of hydrogen-bond donors (Lipinski definition) is 2. The van der Waals surface area contributed by atoms with Crippen LogP contribution in [0.5, 0.6) is 0 Å². The lowest BCUT2D eigenvalue weighted by molar-refractivity contribution is -0.384. The highest BCUT2D eigenvalue weighted by Crippen LogP contribution is 2.33. The number of rotatable bonds is 5. The van der Waals surface area contributed by atoms with Crippen LogP contribution in [0.25, 0.3) is 10.9 Å². The Bertz CT molecular complexity index is 738. The van der Waals surface area contributed by atoms with Crippen LogP contribution in [0.15, 0.2) is 18.2 Å². The van der Waals surface area contributed by atoms with Gasteiger partial charge in [-0.15, -0.1) is 0 Å². The molecule has 1 unspecified atom stereocenters. The van der Waals surface area contributed by atoms with Crippen LogP contribution >= 0.6 is 0 Å². The van der Waals surface area contributed by atoms with Crippen molar-refractivity contribution in [3.63, 3.8) is 0 Å². The zero-order valence-electron chi connectivity index (χ0n) is 12.0. The second-order valence-electron chi connectivity index (χ2n) is 5.65. The first kappa shape index (κ1) is 14.5. The smallest absolute Gasteiger partial charge is 0.274 e. The van der Waals surface area contributed by atoms with Crippen LogP contribution in [0.3, 0.4) is 0 Å². The van der Waals surface area contributed by atoms with E-state index < -0.39 is 11.0 Å². The topological polar surface area (TPSA) is 112 Å². The molecule has 22 heavy (non-hydrogen) atoms. The number of carbonyl (C=O) groups excluding carboxylic acids is 1. The number of aliphatic hydroxyl groups is 1. The minimum Gasteiger partial charge on any atom is -0.391 e. The monoisotopic (exact) mass is 304 g/mol. The number of nitro benzene ring substituents is 1. The number of hydrogen-bond acceptors (Lipinski definition) is 5. The lowest BCUT2D eigenvalue weighted by Crippen LogP contribution is -2.35. The van der Waals surface area contributed by atoms with Crippen LogP contribution in [-0.4, -0.2) is 50.7 Å². The van der Waals surface area contributed by atoms with Crippen LogP contribution in [0.4, 0.5) is 5.69 Å². The van der Waals surface area contributed by atoms with E-state index in [1.165, 1.54) is 23.1 Å². The fourth-order valence-corrected chi connectivity index (χ4v) is 2.45. The van der Waals surface area contributed by atoms with Crippen molar-refractivity contribution in [3.05, 3.63) is 34.0 Å². The van der Waals surface area contributed by atoms with E-state index in [4.69, 9.17) is 0 Å². The molecular weight excluding hydrogens is 288 g/mol. The van der Waals surface area contributed by atoms with Gasteiger partial charge in [-0.3, -0.25) is 20.0 Å². The average molecular weight is 304 g/mol. The SMILES string of the molecule is CN(CC(O)C1CC1)C(=O)c1n[nH]c2ccc([N+](=O)[O-])cc12. The molecule has 0 radical (unpaired) electrons. The molecule has 1 atom stereocenters. The van der Waals surface area contributed by atoms with Gasteiger partial charge in [-0.05, 0) is 24.8 Å². The predicted molar refractivity (Wildman–Crippen MR) is 78.4 cm³/mol. The Morgan fingerprint density at radius 2 is 2.32 bits per heavy atom. The fourth-order valence-electron chi connectivity index (χ4n) is 2.45. The van der Waals surface area contributed by atoms with Gasteiger partial charge < -0.3 is 10.0 Å². The maximum Gasteiger partial charge on any atom is 0.274 e. The Balaban J connectivity index is 1.86. The average Bonchev–Trinajstić information content (AvgIpc) is 3.26. The van der Waals surface area contributed by atoms with E-state index in [9.17, 15) is 20.0 Å². The summed E-state index contributed by atoms with van der Waals surface area (Å²) in [5, 5.41) is 27.8. The number of aliphatic hydroxyl groups excluding tert-OH is 1. The second kappa shape index (κ2) is 5.38.